The van der Waals surface area contributed by atoms with Crippen LogP contribution in [-0.4, -0.2) is 23.6 Å². The summed E-state index contributed by atoms with van der Waals surface area (Å²) in [5.74, 6) is 0.962. The van der Waals surface area contributed by atoms with Crippen LogP contribution in [0.15, 0.2) is 11.8 Å². The van der Waals surface area contributed by atoms with Gasteiger partial charge in [0.2, 0.25) is 0 Å². The molecule has 0 saturated carbocycles. The number of hydrogen-bond acceptors (Lipinski definition) is 3. The van der Waals surface area contributed by atoms with Crippen molar-refractivity contribution in [1.29, 1.82) is 0 Å². The lowest BCUT2D eigenvalue weighted by Crippen LogP contribution is -2.21. The monoisotopic (exact) mass is 198 g/mol. The Kier molecular flexibility index (Phi) is 4.66. The summed E-state index contributed by atoms with van der Waals surface area (Å²) in [4.78, 5) is 11.3. The molecule has 14 heavy (non-hydrogen) atoms. The summed E-state index contributed by atoms with van der Waals surface area (Å²) in [5, 5.41) is 8.62. The second kappa shape index (κ2) is 5.81. The van der Waals surface area contributed by atoms with Crippen LogP contribution in [0.4, 0.5) is 0 Å². The number of rotatable bonds is 5. The fourth-order valence-electron chi connectivity index (χ4n) is 1.52. The van der Waals surface area contributed by atoms with Gasteiger partial charge in [0.15, 0.2) is 5.78 Å². The molecular formula is C11H18O3. The van der Waals surface area contributed by atoms with Crippen LogP contribution in [-0.2, 0) is 9.53 Å². The number of ether oxygens (including phenoxy) is 1. The first-order valence-corrected chi connectivity index (χ1v) is 5.27. The van der Waals surface area contributed by atoms with Gasteiger partial charge in [0, 0.05) is 25.5 Å². The average molecular weight is 198 g/mol. The molecule has 1 atom stereocenters. The Morgan fingerprint density at radius 1 is 1.57 bits per heavy atom. The number of aliphatic hydroxyl groups excluding tert-OH is 1. The molecule has 0 aromatic carbocycles. The molecule has 0 aliphatic carbocycles. The zero-order valence-electron chi connectivity index (χ0n) is 8.66. The highest BCUT2D eigenvalue weighted by Crippen LogP contribution is 2.20. The molecule has 0 aromatic rings. The van der Waals surface area contributed by atoms with Crippen molar-refractivity contribution >= 4 is 5.78 Å². The van der Waals surface area contributed by atoms with Gasteiger partial charge < -0.3 is 9.84 Å². The van der Waals surface area contributed by atoms with Gasteiger partial charge >= 0.3 is 0 Å². The van der Waals surface area contributed by atoms with E-state index in [2.05, 4.69) is 0 Å². The van der Waals surface area contributed by atoms with Gasteiger partial charge in [0.1, 0.15) is 6.10 Å². The zero-order chi connectivity index (χ0) is 10.4. The molecule has 0 fully saturated rings. The minimum absolute atomic E-state index is 0.0663. The van der Waals surface area contributed by atoms with Crippen molar-refractivity contribution in [2.24, 2.45) is 0 Å². The second-order valence-corrected chi connectivity index (χ2v) is 3.61. The standard InChI is InChI=1S/C11H18O3/c1-2-10-7-9(13)8-11(14-10)5-3-4-6-12/h8,10,12H,2-7H2,1H3. The fraction of sp³-hybridized carbons (Fsp3) is 0.727. The first-order chi connectivity index (χ1) is 6.76. The molecule has 3 nitrogen and oxygen atoms in total. The molecule has 1 rings (SSSR count). The lowest BCUT2D eigenvalue weighted by atomic mass is 10.1. The number of ketones is 1. The zero-order valence-corrected chi connectivity index (χ0v) is 8.66. The van der Waals surface area contributed by atoms with Crippen LogP contribution in [0.5, 0.6) is 0 Å². The molecule has 0 amide bonds. The van der Waals surface area contributed by atoms with Crippen LogP contribution < -0.4 is 0 Å². The predicted octanol–water partition coefficient (Wildman–Crippen LogP) is 1.80. The Balaban J connectivity index is 2.39. The molecule has 80 valence electrons. The lowest BCUT2D eigenvalue weighted by molar-refractivity contribution is -0.118. The maximum atomic E-state index is 11.3. The molecule has 0 bridgehead atoms. The van der Waals surface area contributed by atoms with Crippen LogP contribution >= 0.6 is 0 Å². The Morgan fingerprint density at radius 3 is 3.00 bits per heavy atom. The number of hydrogen-bond donors (Lipinski definition) is 1. The third-order valence-electron chi connectivity index (χ3n) is 2.36. The van der Waals surface area contributed by atoms with Gasteiger partial charge in [-0.15, -0.1) is 0 Å². The Hall–Kier alpha value is -0.830. The molecule has 1 unspecified atom stereocenters. The molecule has 1 aliphatic rings. The third kappa shape index (κ3) is 3.50. The first-order valence-electron chi connectivity index (χ1n) is 5.27. The molecule has 0 saturated heterocycles. The molecule has 1 heterocycles. The van der Waals surface area contributed by atoms with Crippen LogP contribution in [0.25, 0.3) is 0 Å². The molecule has 1 N–H and O–H groups in total. The number of carbonyl (C=O) groups is 1. The van der Waals surface area contributed by atoms with Gasteiger partial charge in [-0.3, -0.25) is 4.79 Å². The summed E-state index contributed by atoms with van der Waals surface area (Å²) >= 11 is 0. The highest BCUT2D eigenvalue weighted by atomic mass is 16.5. The Bertz CT molecular complexity index is 221. The Labute approximate surface area is 84.8 Å². The van der Waals surface area contributed by atoms with E-state index in [0.717, 1.165) is 31.4 Å². The summed E-state index contributed by atoms with van der Waals surface area (Å²) in [6.45, 7) is 2.23. The summed E-state index contributed by atoms with van der Waals surface area (Å²) in [6.07, 6.45) is 5.48. The van der Waals surface area contributed by atoms with Crippen molar-refractivity contribution in [3.8, 4) is 0 Å². The maximum Gasteiger partial charge on any atom is 0.162 e. The van der Waals surface area contributed by atoms with E-state index in [4.69, 9.17) is 9.84 Å². The quantitative estimate of drug-likeness (QED) is 0.685. The van der Waals surface area contributed by atoms with E-state index in [9.17, 15) is 4.79 Å². The molecule has 3 heteroatoms. The van der Waals surface area contributed by atoms with E-state index in [-0.39, 0.29) is 18.5 Å². The number of carbonyl (C=O) groups excluding carboxylic acids is 1. The Morgan fingerprint density at radius 2 is 2.36 bits per heavy atom. The minimum Gasteiger partial charge on any atom is -0.494 e. The fourth-order valence-corrected chi connectivity index (χ4v) is 1.52. The van der Waals surface area contributed by atoms with E-state index < -0.39 is 0 Å². The number of allylic oxidation sites excluding steroid dienone is 2. The van der Waals surface area contributed by atoms with E-state index in [1.807, 2.05) is 6.92 Å². The van der Waals surface area contributed by atoms with Gasteiger partial charge in [-0.2, -0.15) is 0 Å². The predicted molar refractivity (Wildman–Crippen MR) is 53.8 cm³/mol. The molecule has 0 aromatic heterocycles. The van der Waals surface area contributed by atoms with Gasteiger partial charge in [-0.25, -0.2) is 0 Å². The van der Waals surface area contributed by atoms with Gasteiger partial charge in [0.05, 0.1) is 5.76 Å². The maximum absolute atomic E-state index is 11.3. The summed E-state index contributed by atoms with van der Waals surface area (Å²) in [7, 11) is 0. The molecular weight excluding hydrogens is 180 g/mol. The van der Waals surface area contributed by atoms with E-state index in [1.165, 1.54) is 0 Å². The lowest BCUT2D eigenvalue weighted by Gasteiger charge is -2.22. The SMILES string of the molecule is CCC1CC(=O)C=C(CCCCO)O1. The highest BCUT2D eigenvalue weighted by molar-refractivity contribution is 5.91. The van der Waals surface area contributed by atoms with Crippen LogP contribution in [0, 0.1) is 0 Å². The van der Waals surface area contributed by atoms with Crippen molar-refractivity contribution in [2.45, 2.75) is 45.1 Å². The number of aliphatic hydroxyl groups is 1. The minimum atomic E-state index is 0.0663. The van der Waals surface area contributed by atoms with Crippen molar-refractivity contribution in [1.82, 2.24) is 0 Å². The van der Waals surface area contributed by atoms with Crippen molar-refractivity contribution in [3.05, 3.63) is 11.8 Å². The summed E-state index contributed by atoms with van der Waals surface area (Å²) in [5.41, 5.74) is 0. The average Bonchev–Trinajstić information content (AvgIpc) is 2.17. The van der Waals surface area contributed by atoms with Crippen molar-refractivity contribution < 1.29 is 14.6 Å². The van der Waals surface area contributed by atoms with Gasteiger partial charge in [-0.05, 0) is 19.3 Å². The summed E-state index contributed by atoms with van der Waals surface area (Å²) in [6, 6.07) is 0. The van der Waals surface area contributed by atoms with Gasteiger partial charge in [0.25, 0.3) is 0 Å². The van der Waals surface area contributed by atoms with Crippen LogP contribution in [0.3, 0.4) is 0 Å². The largest absolute Gasteiger partial charge is 0.494 e. The van der Waals surface area contributed by atoms with Crippen molar-refractivity contribution in [3.63, 3.8) is 0 Å². The molecule has 0 radical (unpaired) electrons. The van der Waals surface area contributed by atoms with Crippen LogP contribution in [0.2, 0.25) is 0 Å². The highest BCUT2D eigenvalue weighted by Gasteiger charge is 2.19. The van der Waals surface area contributed by atoms with Crippen molar-refractivity contribution in [2.75, 3.05) is 6.61 Å². The van der Waals surface area contributed by atoms with Gasteiger partial charge in [-0.1, -0.05) is 6.92 Å². The molecule has 0 spiro atoms. The topological polar surface area (TPSA) is 46.5 Å². The molecule has 1 aliphatic heterocycles. The normalized spacial score (nSPS) is 21.7. The van der Waals surface area contributed by atoms with E-state index >= 15 is 0 Å². The number of unbranched alkanes of at least 4 members (excludes halogenated alkanes) is 1. The smallest absolute Gasteiger partial charge is 0.162 e. The third-order valence-corrected chi connectivity index (χ3v) is 2.36. The van der Waals surface area contributed by atoms with Crippen LogP contribution in [0.1, 0.15) is 39.0 Å². The summed E-state index contributed by atoms with van der Waals surface area (Å²) < 4.78 is 5.61. The first kappa shape index (κ1) is 11.2. The second-order valence-electron chi connectivity index (χ2n) is 3.61. The van der Waals surface area contributed by atoms with E-state index in [0.29, 0.717) is 6.42 Å². The van der Waals surface area contributed by atoms with E-state index in [1.54, 1.807) is 6.08 Å².